The number of methoxy groups -OCH3 is 1. The summed E-state index contributed by atoms with van der Waals surface area (Å²) in [7, 11) is 3.66. The second kappa shape index (κ2) is 7.22. The van der Waals surface area contributed by atoms with Crippen LogP contribution in [-0.2, 0) is 19.4 Å². The third-order valence-electron chi connectivity index (χ3n) is 3.64. The molecule has 1 atom stereocenters. The molecule has 0 saturated carbocycles. The fourth-order valence-electron chi connectivity index (χ4n) is 2.46. The average Bonchev–Trinajstić information content (AvgIpc) is 2.94. The number of hydrogen-bond donors (Lipinski definition) is 1. The van der Waals surface area contributed by atoms with Gasteiger partial charge in [0, 0.05) is 18.4 Å². The van der Waals surface area contributed by atoms with E-state index in [4.69, 9.17) is 4.74 Å². The normalized spacial score (nSPS) is 12.4. The van der Waals surface area contributed by atoms with Crippen molar-refractivity contribution in [1.82, 2.24) is 20.1 Å². The maximum absolute atomic E-state index is 5.46. The molecule has 0 fully saturated rings. The van der Waals surface area contributed by atoms with Gasteiger partial charge in [-0.2, -0.15) is 5.10 Å². The predicted molar refractivity (Wildman–Crippen MR) is 83.6 cm³/mol. The highest BCUT2D eigenvalue weighted by Crippen LogP contribution is 2.25. The van der Waals surface area contributed by atoms with Crippen LogP contribution in [-0.4, -0.2) is 28.9 Å². The van der Waals surface area contributed by atoms with Crippen LogP contribution in [0.4, 0.5) is 0 Å². The van der Waals surface area contributed by atoms with Gasteiger partial charge >= 0.3 is 0 Å². The van der Waals surface area contributed by atoms with E-state index in [0.29, 0.717) is 0 Å². The maximum Gasteiger partial charge on any atom is 0.150 e. The highest BCUT2D eigenvalue weighted by Gasteiger charge is 2.17. The van der Waals surface area contributed by atoms with Crippen molar-refractivity contribution in [3.8, 4) is 5.75 Å². The molecule has 114 valence electrons. The summed E-state index contributed by atoms with van der Waals surface area (Å²) in [6.07, 6.45) is 1.74. The van der Waals surface area contributed by atoms with Crippen LogP contribution in [0.15, 0.2) is 24.3 Å². The van der Waals surface area contributed by atoms with Crippen molar-refractivity contribution in [1.29, 1.82) is 0 Å². The van der Waals surface area contributed by atoms with E-state index < -0.39 is 0 Å². The van der Waals surface area contributed by atoms with Crippen LogP contribution in [0.3, 0.4) is 0 Å². The average molecular weight is 288 g/mol. The van der Waals surface area contributed by atoms with Crippen molar-refractivity contribution in [2.24, 2.45) is 0 Å². The van der Waals surface area contributed by atoms with Gasteiger partial charge in [0.25, 0.3) is 0 Å². The standard InChI is InChI=1S/C16H24N4O/c1-5-15-18-16(6-2)20(19-15)11-13(17-3)12-9-7-8-10-14(12)21-4/h7-10,13,17H,5-6,11H2,1-4H3. The lowest BCUT2D eigenvalue weighted by molar-refractivity contribution is 0.388. The molecule has 0 amide bonds. The van der Waals surface area contributed by atoms with Gasteiger partial charge in [-0.1, -0.05) is 32.0 Å². The zero-order valence-electron chi connectivity index (χ0n) is 13.3. The van der Waals surface area contributed by atoms with E-state index in [1.807, 2.05) is 29.9 Å². The number of hydrogen-bond acceptors (Lipinski definition) is 4. The molecule has 0 bridgehead atoms. The molecule has 1 heterocycles. The number of rotatable bonds is 7. The molecule has 1 N–H and O–H groups in total. The first-order valence-electron chi connectivity index (χ1n) is 7.46. The first kappa shape index (κ1) is 15.5. The number of nitrogens with zero attached hydrogens (tertiary/aromatic N) is 3. The summed E-state index contributed by atoms with van der Waals surface area (Å²) < 4.78 is 7.47. The first-order valence-corrected chi connectivity index (χ1v) is 7.46. The molecule has 2 aromatic rings. The third kappa shape index (κ3) is 3.42. The van der Waals surface area contributed by atoms with Gasteiger partial charge in [0.15, 0.2) is 5.82 Å². The number of para-hydroxylation sites is 1. The van der Waals surface area contributed by atoms with Crippen molar-refractivity contribution < 1.29 is 4.74 Å². The van der Waals surface area contributed by atoms with E-state index in [1.165, 1.54) is 0 Å². The third-order valence-corrected chi connectivity index (χ3v) is 3.64. The van der Waals surface area contributed by atoms with Gasteiger partial charge in [-0.05, 0) is 13.1 Å². The summed E-state index contributed by atoms with van der Waals surface area (Å²) in [5.41, 5.74) is 1.14. The van der Waals surface area contributed by atoms with Crippen LogP contribution in [0.25, 0.3) is 0 Å². The highest BCUT2D eigenvalue weighted by atomic mass is 16.5. The lowest BCUT2D eigenvalue weighted by atomic mass is 10.1. The Hall–Kier alpha value is -1.88. The van der Waals surface area contributed by atoms with Crippen LogP contribution in [0.1, 0.15) is 37.1 Å². The Morgan fingerprint density at radius 1 is 1.24 bits per heavy atom. The molecule has 0 radical (unpaired) electrons. The second-order valence-corrected chi connectivity index (χ2v) is 4.92. The topological polar surface area (TPSA) is 52.0 Å². The summed E-state index contributed by atoms with van der Waals surface area (Å²) in [5, 5.41) is 7.94. The van der Waals surface area contributed by atoms with Gasteiger partial charge in [0.05, 0.1) is 19.7 Å². The van der Waals surface area contributed by atoms with Crippen LogP contribution in [0.2, 0.25) is 0 Å². The smallest absolute Gasteiger partial charge is 0.150 e. The minimum Gasteiger partial charge on any atom is -0.496 e. The lowest BCUT2D eigenvalue weighted by Gasteiger charge is -2.20. The minimum absolute atomic E-state index is 0.137. The summed E-state index contributed by atoms with van der Waals surface area (Å²) in [4.78, 5) is 4.56. The molecule has 1 aromatic heterocycles. The Labute approximate surface area is 126 Å². The van der Waals surface area contributed by atoms with Crippen molar-refractivity contribution in [3.05, 3.63) is 41.5 Å². The summed E-state index contributed by atoms with van der Waals surface area (Å²) in [6.45, 7) is 4.93. The van der Waals surface area contributed by atoms with Crippen LogP contribution >= 0.6 is 0 Å². The SMILES string of the molecule is CCc1nc(CC)n(CC(NC)c2ccccc2OC)n1. The van der Waals surface area contributed by atoms with Gasteiger partial charge in [0.1, 0.15) is 11.6 Å². The number of likely N-dealkylation sites (N-methyl/N-ethyl adjacent to an activating group) is 1. The fraction of sp³-hybridized carbons (Fsp3) is 0.500. The molecule has 21 heavy (non-hydrogen) atoms. The van der Waals surface area contributed by atoms with E-state index in [9.17, 15) is 0 Å². The molecule has 0 aliphatic heterocycles. The Balaban J connectivity index is 2.28. The van der Waals surface area contributed by atoms with Crippen LogP contribution < -0.4 is 10.1 Å². The first-order chi connectivity index (χ1) is 10.2. The van der Waals surface area contributed by atoms with Gasteiger partial charge in [-0.25, -0.2) is 9.67 Å². The number of benzene rings is 1. The van der Waals surface area contributed by atoms with E-state index in [1.54, 1.807) is 7.11 Å². The van der Waals surface area contributed by atoms with Crippen molar-refractivity contribution in [3.63, 3.8) is 0 Å². The molecule has 1 unspecified atom stereocenters. The van der Waals surface area contributed by atoms with E-state index in [-0.39, 0.29) is 6.04 Å². The summed E-state index contributed by atoms with van der Waals surface area (Å²) in [5.74, 6) is 2.83. The van der Waals surface area contributed by atoms with Gasteiger partial charge in [-0.3, -0.25) is 0 Å². The Kier molecular flexibility index (Phi) is 5.33. The zero-order chi connectivity index (χ0) is 15.2. The molecule has 0 saturated heterocycles. The molecule has 5 heteroatoms. The largest absolute Gasteiger partial charge is 0.496 e. The molecule has 2 rings (SSSR count). The Morgan fingerprint density at radius 2 is 2.00 bits per heavy atom. The molecule has 0 spiro atoms. The molecule has 0 aliphatic rings. The van der Waals surface area contributed by atoms with Gasteiger partial charge < -0.3 is 10.1 Å². The molecule has 5 nitrogen and oxygen atoms in total. The van der Waals surface area contributed by atoms with Gasteiger partial charge in [0.2, 0.25) is 0 Å². The Bertz CT molecular complexity index is 579. The quantitative estimate of drug-likeness (QED) is 0.850. The Morgan fingerprint density at radius 3 is 2.62 bits per heavy atom. The zero-order valence-corrected chi connectivity index (χ0v) is 13.3. The van der Waals surface area contributed by atoms with Crippen LogP contribution in [0, 0.1) is 0 Å². The number of ether oxygens (including phenoxy) is 1. The van der Waals surface area contributed by atoms with E-state index >= 15 is 0 Å². The second-order valence-electron chi connectivity index (χ2n) is 4.92. The number of aryl methyl sites for hydroxylation is 2. The maximum atomic E-state index is 5.46. The van der Waals surface area contributed by atoms with Crippen molar-refractivity contribution >= 4 is 0 Å². The molecule has 1 aromatic carbocycles. The number of nitrogens with one attached hydrogen (secondary N) is 1. The van der Waals surface area contributed by atoms with E-state index in [0.717, 1.165) is 42.3 Å². The van der Waals surface area contributed by atoms with Crippen molar-refractivity contribution in [2.45, 2.75) is 39.3 Å². The minimum atomic E-state index is 0.137. The van der Waals surface area contributed by atoms with Gasteiger partial charge in [-0.15, -0.1) is 0 Å². The highest BCUT2D eigenvalue weighted by molar-refractivity contribution is 5.35. The van der Waals surface area contributed by atoms with Crippen molar-refractivity contribution in [2.75, 3.05) is 14.2 Å². The van der Waals surface area contributed by atoms with Crippen LogP contribution in [0.5, 0.6) is 5.75 Å². The summed E-state index contributed by atoms with van der Waals surface area (Å²) in [6, 6.07) is 8.22. The number of aromatic nitrogens is 3. The molecular formula is C16H24N4O. The monoisotopic (exact) mass is 288 g/mol. The predicted octanol–water partition coefficient (Wildman–Crippen LogP) is 2.37. The molecular weight excluding hydrogens is 264 g/mol. The lowest BCUT2D eigenvalue weighted by Crippen LogP contribution is -2.24. The molecule has 0 aliphatic carbocycles. The summed E-state index contributed by atoms with van der Waals surface area (Å²) >= 11 is 0. The fourth-order valence-corrected chi connectivity index (χ4v) is 2.46. The van der Waals surface area contributed by atoms with E-state index in [2.05, 4.69) is 35.3 Å².